The van der Waals surface area contributed by atoms with Gasteiger partial charge in [-0.2, -0.15) is 0 Å². The van der Waals surface area contributed by atoms with Gasteiger partial charge in [-0.3, -0.25) is 4.79 Å². The van der Waals surface area contributed by atoms with Gasteiger partial charge in [0.25, 0.3) is 15.0 Å². The Bertz CT molecular complexity index is 574. The molecule has 1 N–H and O–H groups in total. The summed E-state index contributed by atoms with van der Waals surface area (Å²) in [6.45, 7) is 3.19. The second-order valence-corrected chi connectivity index (χ2v) is 6.61. The van der Waals surface area contributed by atoms with Crippen LogP contribution in [-0.2, 0) is 13.8 Å². The van der Waals surface area contributed by atoms with Crippen molar-refractivity contribution in [1.82, 2.24) is 5.32 Å². The fraction of sp³-hybridized carbons (Fsp3) is 0.364. The number of benzene rings is 1. The molecule has 1 rings (SSSR count). The minimum atomic E-state index is -3.99. The van der Waals surface area contributed by atoms with Crippen molar-refractivity contribution in [3.05, 3.63) is 24.0 Å². The molecule has 0 bridgehead atoms. The van der Waals surface area contributed by atoms with Crippen LogP contribution in [0.3, 0.4) is 0 Å². The molecular formula is C11H13ClFNO4S. The Hall–Kier alpha value is -1.34. The van der Waals surface area contributed by atoms with Gasteiger partial charge in [-0.05, 0) is 32.0 Å². The molecule has 19 heavy (non-hydrogen) atoms. The number of rotatable bonds is 5. The average Bonchev–Trinajstić information content (AvgIpc) is 2.25. The lowest BCUT2D eigenvalue weighted by Crippen LogP contribution is -2.34. The van der Waals surface area contributed by atoms with Crippen molar-refractivity contribution >= 4 is 25.6 Å². The number of ether oxygens (including phenoxy) is 1. The Labute approximate surface area is 115 Å². The molecular weight excluding hydrogens is 297 g/mol. The summed E-state index contributed by atoms with van der Waals surface area (Å²) in [5.74, 6) is -1.52. The minimum Gasteiger partial charge on any atom is -0.481 e. The highest BCUT2D eigenvalue weighted by Gasteiger charge is 2.14. The van der Waals surface area contributed by atoms with Crippen molar-refractivity contribution in [2.75, 3.05) is 6.61 Å². The van der Waals surface area contributed by atoms with Gasteiger partial charge in [-0.1, -0.05) is 0 Å². The molecule has 1 aromatic rings. The molecule has 106 valence electrons. The molecule has 0 aliphatic rings. The Morgan fingerprint density at radius 2 is 2.11 bits per heavy atom. The Morgan fingerprint density at radius 3 is 2.58 bits per heavy atom. The standard InChI is InChI=1S/C11H13ClFNO4S/c1-7(2)14-11(15)6-18-10-4-3-8(5-9(10)13)19(12,16)17/h3-5,7H,6H2,1-2H3,(H,14,15). The third-order valence-electron chi connectivity index (χ3n) is 1.99. The summed E-state index contributed by atoms with van der Waals surface area (Å²) < 4.78 is 40.4. The lowest BCUT2D eigenvalue weighted by atomic mass is 10.3. The zero-order valence-corrected chi connectivity index (χ0v) is 11.9. The number of nitrogens with one attached hydrogen (secondary N) is 1. The topological polar surface area (TPSA) is 72.5 Å². The molecule has 1 aromatic carbocycles. The molecule has 1 amide bonds. The maximum atomic E-state index is 13.5. The predicted molar refractivity (Wildman–Crippen MR) is 68.2 cm³/mol. The van der Waals surface area contributed by atoms with E-state index >= 15 is 0 Å². The first-order valence-corrected chi connectivity index (χ1v) is 7.67. The smallest absolute Gasteiger partial charge is 0.261 e. The summed E-state index contributed by atoms with van der Waals surface area (Å²) in [5, 5.41) is 2.56. The van der Waals surface area contributed by atoms with E-state index in [9.17, 15) is 17.6 Å². The van der Waals surface area contributed by atoms with Crippen molar-refractivity contribution in [3.8, 4) is 5.75 Å². The third kappa shape index (κ3) is 5.04. The summed E-state index contributed by atoms with van der Waals surface area (Å²) in [6.07, 6.45) is 0. The van der Waals surface area contributed by atoms with E-state index in [1.807, 2.05) is 0 Å². The van der Waals surface area contributed by atoms with E-state index in [1.54, 1.807) is 13.8 Å². The van der Waals surface area contributed by atoms with Crippen molar-refractivity contribution in [1.29, 1.82) is 0 Å². The van der Waals surface area contributed by atoms with E-state index in [2.05, 4.69) is 5.32 Å². The van der Waals surface area contributed by atoms with Crippen molar-refractivity contribution in [2.24, 2.45) is 0 Å². The van der Waals surface area contributed by atoms with Crippen LogP contribution in [0, 0.1) is 5.82 Å². The Morgan fingerprint density at radius 1 is 1.47 bits per heavy atom. The highest BCUT2D eigenvalue weighted by molar-refractivity contribution is 8.13. The summed E-state index contributed by atoms with van der Waals surface area (Å²) in [5.41, 5.74) is 0. The lowest BCUT2D eigenvalue weighted by Gasteiger charge is -2.10. The van der Waals surface area contributed by atoms with Crippen LogP contribution in [0.25, 0.3) is 0 Å². The van der Waals surface area contributed by atoms with E-state index in [0.29, 0.717) is 0 Å². The van der Waals surface area contributed by atoms with Crippen LogP contribution in [0.2, 0.25) is 0 Å². The van der Waals surface area contributed by atoms with Gasteiger partial charge in [0.05, 0.1) is 4.90 Å². The predicted octanol–water partition coefficient (Wildman–Crippen LogP) is 1.66. The molecule has 0 radical (unpaired) electrons. The first-order valence-electron chi connectivity index (χ1n) is 5.36. The summed E-state index contributed by atoms with van der Waals surface area (Å²) in [6, 6.07) is 2.89. The summed E-state index contributed by atoms with van der Waals surface area (Å²) >= 11 is 0. The minimum absolute atomic E-state index is 0.0512. The van der Waals surface area contributed by atoms with Gasteiger partial charge in [-0.15, -0.1) is 0 Å². The van der Waals surface area contributed by atoms with Gasteiger partial charge in [0.1, 0.15) is 0 Å². The van der Waals surface area contributed by atoms with Crippen LogP contribution in [0.4, 0.5) is 4.39 Å². The molecule has 0 atom stereocenters. The number of carbonyl (C=O) groups is 1. The molecule has 0 aliphatic carbocycles. The van der Waals surface area contributed by atoms with Crippen LogP contribution in [0.15, 0.2) is 23.1 Å². The van der Waals surface area contributed by atoms with Gasteiger partial charge >= 0.3 is 0 Å². The summed E-state index contributed by atoms with van der Waals surface area (Å²) in [7, 11) is 1.08. The van der Waals surface area contributed by atoms with Gasteiger partial charge in [0.2, 0.25) is 0 Å². The van der Waals surface area contributed by atoms with Crippen molar-refractivity contribution in [2.45, 2.75) is 24.8 Å². The zero-order valence-electron chi connectivity index (χ0n) is 10.3. The van der Waals surface area contributed by atoms with Crippen LogP contribution in [0.1, 0.15) is 13.8 Å². The number of carbonyl (C=O) groups excluding carboxylic acids is 1. The second-order valence-electron chi connectivity index (χ2n) is 4.04. The van der Waals surface area contributed by atoms with Gasteiger partial charge < -0.3 is 10.1 Å². The van der Waals surface area contributed by atoms with Gasteiger partial charge in [0, 0.05) is 16.7 Å². The fourth-order valence-electron chi connectivity index (χ4n) is 1.26. The van der Waals surface area contributed by atoms with Crippen molar-refractivity contribution < 1.29 is 22.3 Å². The molecule has 0 aromatic heterocycles. The van der Waals surface area contributed by atoms with Crippen LogP contribution >= 0.6 is 10.7 Å². The first-order chi connectivity index (χ1) is 8.70. The average molecular weight is 310 g/mol. The Balaban J connectivity index is 2.74. The quantitative estimate of drug-likeness (QED) is 0.840. The molecule has 0 heterocycles. The lowest BCUT2D eigenvalue weighted by molar-refractivity contribution is -0.123. The third-order valence-corrected chi connectivity index (χ3v) is 3.34. The highest BCUT2D eigenvalue weighted by Crippen LogP contribution is 2.23. The van der Waals surface area contributed by atoms with E-state index < -0.39 is 20.8 Å². The van der Waals surface area contributed by atoms with Crippen LogP contribution in [-0.4, -0.2) is 27.0 Å². The maximum absolute atomic E-state index is 13.5. The van der Waals surface area contributed by atoms with Gasteiger partial charge in [-0.25, -0.2) is 12.8 Å². The Kier molecular flexibility index (Phi) is 5.13. The second kappa shape index (κ2) is 6.21. The molecule has 0 spiro atoms. The van der Waals surface area contributed by atoms with E-state index in [0.717, 1.165) is 18.2 Å². The fourth-order valence-corrected chi connectivity index (χ4v) is 2.02. The summed E-state index contributed by atoms with van der Waals surface area (Å²) in [4.78, 5) is 10.9. The molecule has 0 aliphatic heterocycles. The molecule has 0 saturated carbocycles. The number of amides is 1. The number of hydrogen-bond donors (Lipinski definition) is 1. The van der Waals surface area contributed by atoms with Crippen LogP contribution < -0.4 is 10.1 Å². The maximum Gasteiger partial charge on any atom is 0.261 e. The van der Waals surface area contributed by atoms with E-state index in [-0.39, 0.29) is 23.3 Å². The van der Waals surface area contributed by atoms with E-state index in [4.69, 9.17) is 15.4 Å². The molecule has 8 heteroatoms. The highest BCUT2D eigenvalue weighted by atomic mass is 35.7. The van der Waals surface area contributed by atoms with Crippen molar-refractivity contribution in [3.63, 3.8) is 0 Å². The molecule has 0 unspecified atom stereocenters. The molecule has 0 saturated heterocycles. The SMILES string of the molecule is CC(C)NC(=O)COc1ccc(S(=O)(=O)Cl)cc1F. The van der Waals surface area contributed by atoms with Crippen LogP contribution in [0.5, 0.6) is 5.75 Å². The molecule has 0 fully saturated rings. The zero-order chi connectivity index (χ0) is 14.6. The number of halogens is 2. The largest absolute Gasteiger partial charge is 0.481 e. The van der Waals surface area contributed by atoms with Gasteiger partial charge in [0.15, 0.2) is 18.2 Å². The normalized spacial score (nSPS) is 11.4. The first kappa shape index (κ1) is 15.7. The van der Waals surface area contributed by atoms with E-state index in [1.165, 1.54) is 0 Å². The number of hydrogen-bond acceptors (Lipinski definition) is 4. The molecule has 5 nitrogen and oxygen atoms in total. The monoisotopic (exact) mass is 309 g/mol.